The van der Waals surface area contributed by atoms with Crippen molar-refractivity contribution in [2.24, 2.45) is 0 Å². The van der Waals surface area contributed by atoms with Gasteiger partial charge in [-0.2, -0.15) is 0 Å². The molecule has 0 atom stereocenters. The fourth-order valence-electron chi connectivity index (χ4n) is 4.87. The highest BCUT2D eigenvalue weighted by atomic mass is 32.2. The number of piperazine rings is 1. The van der Waals surface area contributed by atoms with Crippen molar-refractivity contribution in [3.05, 3.63) is 106 Å². The van der Waals surface area contributed by atoms with Gasteiger partial charge in [0.2, 0.25) is 5.91 Å². The molecule has 4 aromatic rings. The van der Waals surface area contributed by atoms with E-state index in [4.69, 9.17) is 0 Å². The van der Waals surface area contributed by atoms with Crippen LogP contribution in [0.2, 0.25) is 0 Å². The minimum Gasteiger partial charge on any atom is -0.339 e. The van der Waals surface area contributed by atoms with E-state index in [1.54, 1.807) is 10.6 Å². The molecule has 0 N–H and O–H groups in total. The number of aromatic nitrogens is 2. The van der Waals surface area contributed by atoms with Crippen molar-refractivity contribution in [1.29, 1.82) is 0 Å². The number of amides is 1. The minimum atomic E-state index is -0.0560. The van der Waals surface area contributed by atoms with E-state index in [0.717, 1.165) is 13.1 Å². The van der Waals surface area contributed by atoms with E-state index >= 15 is 0 Å². The predicted octanol–water partition coefficient (Wildman–Crippen LogP) is 4.44. The first-order chi connectivity index (χ1) is 17.7. The molecule has 5 rings (SSSR count). The Morgan fingerprint density at radius 2 is 1.44 bits per heavy atom. The van der Waals surface area contributed by atoms with Gasteiger partial charge in [0.25, 0.3) is 5.56 Å². The SMILES string of the molecule is CCn1c(SCC(=O)N2CCN(C(c3ccccc3)c3ccccc3)CC2)nc2ccccc2c1=O. The van der Waals surface area contributed by atoms with Crippen LogP contribution < -0.4 is 5.56 Å². The third-order valence-electron chi connectivity index (χ3n) is 6.73. The summed E-state index contributed by atoms with van der Waals surface area (Å²) in [5.74, 6) is 0.353. The smallest absolute Gasteiger partial charge is 0.262 e. The lowest BCUT2D eigenvalue weighted by atomic mass is 9.96. The summed E-state index contributed by atoms with van der Waals surface area (Å²) in [6, 6.07) is 28.7. The van der Waals surface area contributed by atoms with E-state index in [-0.39, 0.29) is 23.3 Å². The summed E-state index contributed by atoms with van der Waals surface area (Å²) in [6.45, 7) is 5.42. The molecule has 7 heteroatoms. The monoisotopic (exact) mass is 498 g/mol. The van der Waals surface area contributed by atoms with Crippen molar-refractivity contribution in [2.75, 3.05) is 31.9 Å². The first-order valence-corrected chi connectivity index (χ1v) is 13.4. The first kappa shape index (κ1) is 24.3. The molecule has 1 aliphatic rings. The van der Waals surface area contributed by atoms with Crippen molar-refractivity contribution in [2.45, 2.75) is 24.7 Å². The van der Waals surface area contributed by atoms with Crippen molar-refractivity contribution in [3.63, 3.8) is 0 Å². The van der Waals surface area contributed by atoms with Gasteiger partial charge in [0.1, 0.15) is 0 Å². The van der Waals surface area contributed by atoms with Crippen LogP contribution in [0.1, 0.15) is 24.1 Å². The van der Waals surface area contributed by atoms with E-state index in [1.165, 1.54) is 22.9 Å². The lowest BCUT2D eigenvalue weighted by Crippen LogP contribution is -2.50. The molecule has 1 amide bonds. The number of benzene rings is 3. The molecule has 0 radical (unpaired) electrons. The highest BCUT2D eigenvalue weighted by molar-refractivity contribution is 7.99. The topological polar surface area (TPSA) is 58.4 Å². The summed E-state index contributed by atoms with van der Waals surface area (Å²) < 4.78 is 1.66. The van der Waals surface area contributed by atoms with Crippen LogP contribution in [0.5, 0.6) is 0 Å². The van der Waals surface area contributed by atoms with Crippen molar-refractivity contribution in [1.82, 2.24) is 19.4 Å². The molecule has 0 unspecified atom stereocenters. The molecule has 1 fully saturated rings. The third kappa shape index (κ3) is 5.08. The van der Waals surface area contributed by atoms with Crippen LogP contribution in [0.25, 0.3) is 10.9 Å². The Hall–Kier alpha value is -3.42. The van der Waals surface area contributed by atoms with Crippen LogP contribution in [0, 0.1) is 0 Å². The van der Waals surface area contributed by atoms with E-state index in [0.29, 0.717) is 35.7 Å². The quantitative estimate of drug-likeness (QED) is 0.279. The van der Waals surface area contributed by atoms with Gasteiger partial charge < -0.3 is 4.90 Å². The van der Waals surface area contributed by atoms with Crippen LogP contribution >= 0.6 is 11.8 Å². The van der Waals surface area contributed by atoms with Crippen LogP contribution in [-0.4, -0.2) is 57.2 Å². The lowest BCUT2D eigenvalue weighted by Gasteiger charge is -2.39. The molecule has 3 aromatic carbocycles. The van der Waals surface area contributed by atoms with Crippen LogP contribution in [0.15, 0.2) is 94.9 Å². The zero-order valence-corrected chi connectivity index (χ0v) is 21.2. The molecule has 1 aromatic heterocycles. The predicted molar refractivity (Wildman–Crippen MR) is 145 cm³/mol. The van der Waals surface area contributed by atoms with Gasteiger partial charge in [-0.05, 0) is 30.2 Å². The number of hydrogen-bond donors (Lipinski definition) is 0. The highest BCUT2D eigenvalue weighted by Gasteiger charge is 2.28. The van der Waals surface area contributed by atoms with Gasteiger partial charge in [0, 0.05) is 32.7 Å². The number of rotatable bonds is 7. The molecule has 1 saturated heterocycles. The standard InChI is InChI=1S/C29H30N4O2S/c1-2-33-28(35)24-15-9-10-16-25(24)30-29(33)36-21-26(34)31-17-19-32(20-18-31)27(22-11-5-3-6-12-22)23-13-7-4-8-14-23/h3-16,27H,2,17-21H2,1H3. The maximum Gasteiger partial charge on any atom is 0.262 e. The van der Waals surface area contributed by atoms with Gasteiger partial charge in [-0.1, -0.05) is 84.6 Å². The van der Waals surface area contributed by atoms with E-state index < -0.39 is 0 Å². The lowest BCUT2D eigenvalue weighted by molar-refractivity contribution is -0.130. The Morgan fingerprint density at radius 3 is 2.06 bits per heavy atom. The molecule has 0 spiro atoms. The minimum absolute atomic E-state index is 0.0560. The highest BCUT2D eigenvalue weighted by Crippen LogP contribution is 2.29. The fourth-order valence-corrected chi connectivity index (χ4v) is 5.83. The zero-order valence-electron chi connectivity index (χ0n) is 20.4. The molecule has 6 nitrogen and oxygen atoms in total. The Balaban J connectivity index is 1.26. The maximum atomic E-state index is 13.1. The van der Waals surface area contributed by atoms with Crippen molar-refractivity contribution >= 4 is 28.6 Å². The van der Waals surface area contributed by atoms with Gasteiger partial charge in [0.05, 0.1) is 22.7 Å². The average molecular weight is 499 g/mol. The number of thioether (sulfide) groups is 1. The molecule has 0 bridgehead atoms. The van der Waals surface area contributed by atoms with Gasteiger partial charge in [-0.15, -0.1) is 0 Å². The number of para-hydroxylation sites is 1. The van der Waals surface area contributed by atoms with E-state index in [1.807, 2.05) is 42.2 Å². The van der Waals surface area contributed by atoms with Gasteiger partial charge in [-0.3, -0.25) is 19.1 Å². The van der Waals surface area contributed by atoms with Crippen molar-refractivity contribution in [3.8, 4) is 0 Å². The normalized spacial score (nSPS) is 14.4. The number of nitrogens with zero attached hydrogens (tertiary/aromatic N) is 4. The second-order valence-corrected chi connectivity index (χ2v) is 9.83. The number of carbonyl (C=O) groups excluding carboxylic acids is 1. The van der Waals surface area contributed by atoms with Crippen LogP contribution in [0.4, 0.5) is 0 Å². The van der Waals surface area contributed by atoms with Gasteiger partial charge >= 0.3 is 0 Å². The van der Waals surface area contributed by atoms with Crippen LogP contribution in [0.3, 0.4) is 0 Å². The largest absolute Gasteiger partial charge is 0.339 e. The second kappa shape index (κ2) is 11.1. The second-order valence-electron chi connectivity index (χ2n) is 8.89. The molecule has 184 valence electrons. The number of hydrogen-bond acceptors (Lipinski definition) is 5. The number of fused-ring (bicyclic) bond motifs is 1. The first-order valence-electron chi connectivity index (χ1n) is 12.4. The van der Waals surface area contributed by atoms with Gasteiger partial charge in [-0.25, -0.2) is 4.98 Å². The molecular formula is C29H30N4O2S. The molecule has 1 aliphatic heterocycles. The summed E-state index contributed by atoms with van der Waals surface area (Å²) in [7, 11) is 0. The van der Waals surface area contributed by atoms with Crippen molar-refractivity contribution < 1.29 is 4.79 Å². The molecule has 2 heterocycles. The molecular weight excluding hydrogens is 468 g/mol. The van der Waals surface area contributed by atoms with Crippen LogP contribution in [-0.2, 0) is 11.3 Å². The maximum absolute atomic E-state index is 13.1. The third-order valence-corrected chi connectivity index (χ3v) is 7.69. The van der Waals surface area contributed by atoms with E-state index in [2.05, 4.69) is 58.4 Å². The summed E-state index contributed by atoms with van der Waals surface area (Å²) in [5, 5.41) is 1.21. The number of carbonyl (C=O) groups is 1. The Kier molecular flexibility index (Phi) is 7.49. The summed E-state index contributed by atoms with van der Waals surface area (Å²) in [6.07, 6.45) is 0. The summed E-state index contributed by atoms with van der Waals surface area (Å²) in [4.78, 5) is 35.0. The average Bonchev–Trinajstić information content (AvgIpc) is 2.93. The Morgan fingerprint density at radius 1 is 0.861 bits per heavy atom. The summed E-state index contributed by atoms with van der Waals surface area (Å²) >= 11 is 1.35. The molecule has 36 heavy (non-hydrogen) atoms. The molecule has 0 saturated carbocycles. The zero-order chi connectivity index (χ0) is 24.9. The Bertz CT molecular complexity index is 1340. The Labute approximate surface area is 215 Å². The fraction of sp³-hybridized carbons (Fsp3) is 0.276. The summed E-state index contributed by atoms with van der Waals surface area (Å²) in [5.41, 5.74) is 3.14. The van der Waals surface area contributed by atoms with Gasteiger partial charge in [0.15, 0.2) is 5.16 Å². The molecule has 0 aliphatic carbocycles. The van der Waals surface area contributed by atoms with E-state index in [9.17, 15) is 9.59 Å².